The van der Waals surface area contributed by atoms with Gasteiger partial charge in [0.1, 0.15) is 0 Å². The van der Waals surface area contributed by atoms with E-state index >= 15 is 0 Å². The molecule has 1 aromatic carbocycles. The molecule has 4 heteroatoms. The van der Waals surface area contributed by atoms with Gasteiger partial charge in [-0.2, -0.15) is 11.8 Å². The van der Waals surface area contributed by atoms with E-state index in [2.05, 4.69) is 18.5 Å². The van der Waals surface area contributed by atoms with Crippen molar-refractivity contribution in [2.75, 3.05) is 18.5 Å². The van der Waals surface area contributed by atoms with Crippen molar-refractivity contribution in [3.63, 3.8) is 0 Å². The first-order valence-corrected chi connectivity index (χ1v) is 7.94. The minimum absolute atomic E-state index is 0.143. The van der Waals surface area contributed by atoms with Crippen LogP contribution in [0.15, 0.2) is 24.3 Å². The highest BCUT2D eigenvalue weighted by Gasteiger charge is 2.41. The Hall–Kier alpha value is -1.16. The molecule has 3 nitrogen and oxygen atoms in total. The van der Waals surface area contributed by atoms with E-state index in [-0.39, 0.29) is 11.8 Å². The van der Waals surface area contributed by atoms with Gasteiger partial charge in [0.25, 0.3) is 0 Å². The first kappa shape index (κ1) is 14.3. The largest absolute Gasteiger partial charge is 0.399 e. The number of amides is 1. The second-order valence-electron chi connectivity index (χ2n) is 5.44. The van der Waals surface area contributed by atoms with Crippen molar-refractivity contribution >= 4 is 23.4 Å². The first-order chi connectivity index (χ1) is 9.04. The normalized spacial score (nSPS) is 17.8. The molecular formula is C15H22N2OS. The van der Waals surface area contributed by atoms with Gasteiger partial charge >= 0.3 is 0 Å². The molecule has 0 saturated heterocycles. The Bertz CT molecular complexity index is 440. The summed E-state index contributed by atoms with van der Waals surface area (Å²) in [5.74, 6) is 0.370. The summed E-state index contributed by atoms with van der Waals surface area (Å²) in [7, 11) is 0. The lowest BCUT2D eigenvalue weighted by Crippen LogP contribution is -2.32. The highest BCUT2D eigenvalue weighted by molar-refractivity contribution is 8.00. The molecule has 1 aromatic rings. The molecule has 19 heavy (non-hydrogen) atoms. The summed E-state index contributed by atoms with van der Waals surface area (Å²) in [5, 5.41) is 3.06. The van der Waals surface area contributed by atoms with Gasteiger partial charge in [0.2, 0.25) is 5.91 Å². The molecule has 1 aliphatic rings. The van der Waals surface area contributed by atoms with Gasteiger partial charge in [-0.15, -0.1) is 0 Å². The fraction of sp³-hybridized carbons (Fsp3) is 0.533. The predicted molar refractivity (Wildman–Crippen MR) is 82.4 cm³/mol. The maximum Gasteiger partial charge on any atom is 0.220 e. The van der Waals surface area contributed by atoms with Crippen LogP contribution in [0.1, 0.15) is 37.7 Å². The highest BCUT2D eigenvalue weighted by Crippen LogP contribution is 2.46. The molecule has 0 aromatic heterocycles. The molecule has 0 spiro atoms. The van der Waals surface area contributed by atoms with Crippen LogP contribution in [-0.2, 0) is 4.79 Å². The van der Waals surface area contributed by atoms with Crippen LogP contribution in [0.3, 0.4) is 0 Å². The van der Waals surface area contributed by atoms with E-state index in [4.69, 9.17) is 5.73 Å². The fourth-order valence-electron chi connectivity index (χ4n) is 2.14. The summed E-state index contributed by atoms with van der Waals surface area (Å²) in [6.07, 6.45) is 5.11. The number of nitrogen functional groups attached to an aromatic ring is 1. The number of thioether (sulfide) groups is 1. The van der Waals surface area contributed by atoms with Crippen LogP contribution in [0.5, 0.6) is 0 Å². The molecule has 0 aliphatic heterocycles. The number of hydrogen-bond acceptors (Lipinski definition) is 3. The Labute approximate surface area is 119 Å². The second kappa shape index (κ2) is 5.87. The molecule has 0 bridgehead atoms. The summed E-state index contributed by atoms with van der Waals surface area (Å²) in [4.78, 5) is 11.9. The zero-order valence-corrected chi connectivity index (χ0v) is 12.4. The molecule has 0 heterocycles. The molecule has 104 valence electrons. The van der Waals surface area contributed by atoms with E-state index in [9.17, 15) is 4.79 Å². The van der Waals surface area contributed by atoms with Crippen molar-refractivity contribution in [1.82, 2.24) is 5.32 Å². The van der Waals surface area contributed by atoms with Gasteiger partial charge in [0.15, 0.2) is 0 Å². The average molecular weight is 278 g/mol. The minimum Gasteiger partial charge on any atom is -0.399 e. The molecule has 2 rings (SSSR count). The quantitative estimate of drug-likeness (QED) is 0.787. The maximum absolute atomic E-state index is 11.9. The number of carbonyl (C=O) groups excluding carboxylic acids is 1. The lowest BCUT2D eigenvalue weighted by atomic mass is 9.97. The van der Waals surface area contributed by atoms with Gasteiger partial charge in [0.05, 0.1) is 0 Å². The van der Waals surface area contributed by atoms with Gasteiger partial charge in [-0.25, -0.2) is 0 Å². The number of hydrogen-bond donors (Lipinski definition) is 2. The number of rotatable bonds is 6. The van der Waals surface area contributed by atoms with Crippen molar-refractivity contribution in [3.05, 3.63) is 29.8 Å². The van der Waals surface area contributed by atoms with Crippen LogP contribution in [0.25, 0.3) is 0 Å². The summed E-state index contributed by atoms with van der Waals surface area (Å²) in [5.41, 5.74) is 7.59. The number of carbonyl (C=O) groups is 1. The smallest absolute Gasteiger partial charge is 0.220 e. The fourth-order valence-corrected chi connectivity index (χ4v) is 2.87. The van der Waals surface area contributed by atoms with Crippen molar-refractivity contribution in [1.29, 1.82) is 0 Å². The van der Waals surface area contributed by atoms with E-state index in [1.807, 2.05) is 36.0 Å². The van der Waals surface area contributed by atoms with Crippen LogP contribution in [-0.4, -0.2) is 23.5 Å². The van der Waals surface area contributed by atoms with Gasteiger partial charge in [0, 0.05) is 23.4 Å². The Kier molecular flexibility index (Phi) is 4.40. The Morgan fingerprint density at radius 1 is 1.42 bits per heavy atom. The van der Waals surface area contributed by atoms with Crippen molar-refractivity contribution in [2.24, 2.45) is 0 Å². The Morgan fingerprint density at radius 3 is 2.58 bits per heavy atom. The Balaban J connectivity index is 1.80. The summed E-state index contributed by atoms with van der Waals surface area (Å²) in [6, 6.07) is 7.77. The monoisotopic (exact) mass is 278 g/mol. The molecule has 3 N–H and O–H groups in total. The van der Waals surface area contributed by atoms with Crippen LogP contribution >= 0.6 is 11.8 Å². The lowest BCUT2D eigenvalue weighted by molar-refractivity contribution is -0.121. The van der Waals surface area contributed by atoms with Crippen molar-refractivity contribution < 1.29 is 4.79 Å². The maximum atomic E-state index is 11.9. The van der Waals surface area contributed by atoms with Gasteiger partial charge in [-0.05, 0) is 42.7 Å². The van der Waals surface area contributed by atoms with E-state index in [0.29, 0.717) is 11.2 Å². The minimum atomic E-state index is 0.143. The molecule has 1 unspecified atom stereocenters. The van der Waals surface area contributed by atoms with Gasteiger partial charge < -0.3 is 11.1 Å². The third kappa shape index (κ3) is 3.90. The van der Waals surface area contributed by atoms with Crippen LogP contribution in [0.4, 0.5) is 5.69 Å². The SMILES string of the molecule is CSC1(CNC(=O)CC(C)c2ccc(N)cc2)CC1. The molecule has 1 atom stereocenters. The number of benzene rings is 1. The molecular weight excluding hydrogens is 256 g/mol. The lowest BCUT2D eigenvalue weighted by Gasteiger charge is -2.15. The van der Waals surface area contributed by atoms with Gasteiger partial charge in [-0.3, -0.25) is 4.79 Å². The molecule has 1 fully saturated rings. The second-order valence-corrected chi connectivity index (χ2v) is 6.71. The zero-order valence-electron chi connectivity index (χ0n) is 11.6. The topological polar surface area (TPSA) is 55.1 Å². The van der Waals surface area contributed by atoms with Gasteiger partial charge in [-0.1, -0.05) is 19.1 Å². The zero-order chi connectivity index (χ0) is 13.9. The van der Waals surface area contributed by atoms with E-state index in [0.717, 1.165) is 17.8 Å². The van der Waals surface area contributed by atoms with E-state index in [1.54, 1.807) is 0 Å². The molecule has 0 radical (unpaired) electrons. The number of nitrogens with two attached hydrogens (primary N) is 1. The summed E-state index contributed by atoms with van der Waals surface area (Å²) < 4.78 is 0.333. The van der Waals surface area contributed by atoms with Crippen LogP contribution in [0, 0.1) is 0 Å². The summed E-state index contributed by atoms with van der Waals surface area (Å²) >= 11 is 1.87. The highest BCUT2D eigenvalue weighted by atomic mass is 32.2. The Morgan fingerprint density at radius 2 is 2.05 bits per heavy atom. The standard InChI is InChI=1S/C15H22N2OS/c1-11(12-3-5-13(16)6-4-12)9-14(18)17-10-15(19-2)7-8-15/h3-6,11H,7-10,16H2,1-2H3,(H,17,18). The van der Waals surface area contributed by atoms with E-state index < -0.39 is 0 Å². The third-order valence-electron chi connectivity index (χ3n) is 3.85. The van der Waals surface area contributed by atoms with Crippen LogP contribution < -0.4 is 11.1 Å². The number of anilines is 1. The van der Waals surface area contributed by atoms with Crippen LogP contribution in [0.2, 0.25) is 0 Å². The van der Waals surface area contributed by atoms with E-state index in [1.165, 1.54) is 12.8 Å². The number of nitrogens with one attached hydrogen (secondary N) is 1. The molecule has 1 saturated carbocycles. The van der Waals surface area contributed by atoms with Crippen molar-refractivity contribution in [2.45, 2.75) is 36.9 Å². The first-order valence-electron chi connectivity index (χ1n) is 6.72. The molecule has 1 aliphatic carbocycles. The van der Waals surface area contributed by atoms with Crippen molar-refractivity contribution in [3.8, 4) is 0 Å². The third-order valence-corrected chi connectivity index (χ3v) is 5.26. The average Bonchev–Trinajstić information content (AvgIpc) is 3.18. The summed E-state index contributed by atoms with van der Waals surface area (Å²) in [6.45, 7) is 2.88. The molecule has 1 amide bonds. The predicted octanol–water partition coefficient (Wildman–Crippen LogP) is 2.77.